The number of hydrazone groups is 1. The second-order valence-corrected chi connectivity index (χ2v) is 9.22. The van der Waals surface area contributed by atoms with Crippen LogP contribution in [-0.4, -0.2) is 59.7 Å². The van der Waals surface area contributed by atoms with Crippen molar-refractivity contribution in [3.05, 3.63) is 34.3 Å². The van der Waals surface area contributed by atoms with E-state index < -0.39 is 18.2 Å². The van der Waals surface area contributed by atoms with E-state index >= 15 is 0 Å². The van der Waals surface area contributed by atoms with Crippen LogP contribution < -0.4 is 10.7 Å². The zero-order valence-corrected chi connectivity index (χ0v) is 20.5. The number of carbonyl (C=O) groups excluding carboxylic acids is 2. The van der Waals surface area contributed by atoms with Crippen LogP contribution in [0.2, 0.25) is 0 Å². The van der Waals surface area contributed by atoms with Crippen LogP contribution in [0, 0.1) is 0 Å². The number of urea groups is 1. The molecular weight excluding hydrogens is 472 g/mol. The fourth-order valence-corrected chi connectivity index (χ4v) is 4.26. The molecule has 174 valence electrons. The highest BCUT2D eigenvalue weighted by atomic mass is 79.9. The van der Waals surface area contributed by atoms with Crippen LogP contribution in [0.3, 0.4) is 0 Å². The van der Waals surface area contributed by atoms with Crippen LogP contribution in [0.5, 0.6) is 0 Å². The normalized spacial score (nSPS) is 20.5. The Bertz CT molecular complexity index is 841. The Hall–Kier alpha value is -2.42. The zero-order chi connectivity index (χ0) is 22.9. The first-order valence-electron chi connectivity index (χ1n) is 11.5. The summed E-state index contributed by atoms with van der Waals surface area (Å²) in [5, 5.41) is 6.75. The van der Waals surface area contributed by atoms with Crippen molar-refractivity contribution in [2.45, 2.75) is 70.5 Å². The summed E-state index contributed by atoms with van der Waals surface area (Å²) >= 11 is 3.42. The quantitative estimate of drug-likeness (QED) is 0.270. The summed E-state index contributed by atoms with van der Waals surface area (Å²) in [6.07, 6.45) is 10.8. The monoisotopic (exact) mass is 504 g/mol. The Kier molecular flexibility index (Phi) is 9.08. The van der Waals surface area contributed by atoms with Gasteiger partial charge in [-0.05, 0) is 24.1 Å². The molecule has 1 saturated heterocycles. The van der Waals surface area contributed by atoms with Gasteiger partial charge in [0.05, 0.1) is 6.21 Å². The average Bonchev–Trinajstić information content (AvgIpc) is 3.14. The van der Waals surface area contributed by atoms with E-state index in [0.717, 1.165) is 22.9 Å². The van der Waals surface area contributed by atoms with Crippen LogP contribution in [0.4, 0.5) is 4.79 Å². The number of hydrogen-bond donors (Lipinski definition) is 2. The Morgan fingerprint density at radius 3 is 2.44 bits per heavy atom. The number of fused-ring (bicyclic) bond motifs is 1. The van der Waals surface area contributed by atoms with Gasteiger partial charge in [-0.15, -0.1) is 0 Å². The number of likely N-dealkylation sites (N-methyl/N-ethyl adjacent to an activating group) is 1. The Morgan fingerprint density at radius 2 is 1.75 bits per heavy atom. The summed E-state index contributed by atoms with van der Waals surface area (Å²) < 4.78 is 1.00. The molecule has 0 radical (unpaired) electrons. The molecule has 0 saturated carbocycles. The van der Waals surface area contributed by atoms with Crippen molar-refractivity contribution in [2.75, 3.05) is 13.6 Å². The molecule has 3 amide bonds. The Balaban J connectivity index is 1.60. The molecule has 2 heterocycles. The average molecular weight is 505 g/mol. The predicted octanol–water partition coefficient (Wildman–Crippen LogP) is 4.06. The van der Waals surface area contributed by atoms with Crippen LogP contribution in [0.25, 0.3) is 0 Å². The molecule has 32 heavy (non-hydrogen) atoms. The van der Waals surface area contributed by atoms with Crippen LogP contribution in [0.1, 0.15) is 63.9 Å². The molecule has 2 N–H and O–H groups in total. The van der Waals surface area contributed by atoms with E-state index in [1.54, 1.807) is 13.3 Å². The van der Waals surface area contributed by atoms with Crippen molar-refractivity contribution in [2.24, 2.45) is 10.1 Å². The van der Waals surface area contributed by atoms with Gasteiger partial charge >= 0.3 is 6.03 Å². The molecule has 2 atom stereocenters. The van der Waals surface area contributed by atoms with Gasteiger partial charge in [-0.1, -0.05) is 79.9 Å². The Morgan fingerprint density at radius 1 is 1.09 bits per heavy atom. The third-order valence-corrected chi connectivity index (χ3v) is 6.39. The van der Waals surface area contributed by atoms with Gasteiger partial charge in [-0.2, -0.15) is 5.10 Å². The number of nitrogens with one attached hydrogen (secondary N) is 2. The molecule has 9 heteroatoms. The number of carbonyl (C=O) groups is 2. The topological polar surface area (TPSA) is 89.4 Å². The number of hydrogen-bond acceptors (Lipinski definition) is 6. The van der Waals surface area contributed by atoms with Crippen molar-refractivity contribution in [1.82, 2.24) is 20.5 Å². The van der Waals surface area contributed by atoms with Crippen LogP contribution >= 0.6 is 15.9 Å². The molecule has 3 rings (SSSR count). The number of rotatable bonds is 11. The fourth-order valence-electron chi connectivity index (χ4n) is 3.99. The van der Waals surface area contributed by atoms with E-state index in [-0.39, 0.29) is 5.91 Å². The van der Waals surface area contributed by atoms with E-state index in [9.17, 15) is 9.59 Å². The molecule has 2 aliphatic rings. The predicted molar refractivity (Wildman–Crippen MR) is 131 cm³/mol. The first-order valence-corrected chi connectivity index (χ1v) is 12.3. The first kappa shape index (κ1) is 24.2. The van der Waals surface area contributed by atoms with Gasteiger partial charge in [-0.3, -0.25) is 10.1 Å². The number of guanidine groups is 1. The van der Waals surface area contributed by atoms with Crippen molar-refractivity contribution >= 4 is 40.0 Å². The number of unbranched alkanes of at least 4 members (excludes halogenated alkanes) is 7. The second-order valence-electron chi connectivity index (χ2n) is 8.31. The van der Waals surface area contributed by atoms with Gasteiger partial charge in [0.25, 0.3) is 5.91 Å². The summed E-state index contributed by atoms with van der Waals surface area (Å²) in [5.74, 6) is 0.211. The van der Waals surface area contributed by atoms with E-state index in [4.69, 9.17) is 0 Å². The standard InChI is InChI=1S/C23H33BrN6O2/c1-3-4-5-6-7-8-9-10-15-30-19-20(29(2)23(32)27-21(19)31)26-22(30)28-25-16-17-11-13-18(24)14-12-17/h11-14,16,19-20H,3-10,15H2,1-2H3,(H,26,28)(H,27,31,32)/b25-16-. The highest BCUT2D eigenvalue weighted by molar-refractivity contribution is 9.10. The summed E-state index contributed by atoms with van der Waals surface area (Å²) in [5.41, 5.74) is 3.94. The number of halogens is 1. The Labute approximate surface area is 198 Å². The molecule has 8 nitrogen and oxygen atoms in total. The maximum Gasteiger partial charge on any atom is 0.325 e. The lowest BCUT2D eigenvalue weighted by atomic mass is 10.1. The lowest BCUT2D eigenvalue weighted by Crippen LogP contribution is -2.64. The number of amides is 3. The lowest BCUT2D eigenvalue weighted by Gasteiger charge is -2.36. The summed E-state index contributed by atoms with van der Waals surface area (Å²) in [6.45, 7) is 2.91. The van der Waals surface area contributed by atoms with E-state index in [1.807, 2.05) is 29.2 Å². The number of imide groups is 1. The number of benzene rings is 1. The molecule has 0 spiro atoms. The molecule has 2 unspecified atom stereocenters. The van der Waals surface area contributed by atoms with Gasteiger partial charge in [0.1, 0.15) is 0 Å². The molecular formula is C23H33BrN6O2. The van der Waals surface area contributed by atoms with Gasteiger partial charge in [-0.25, -0.2) is 15.2 Å². The highest BCUT2D eigenvalue weighted by Crippen LogP contribution is 2.24. The molecule has 0 bridgehead atoms. The van der Waals surface area contributed by atoms with Crippen LogP contribution in [-0.2, 0) is 4.79 Å². The minimum atomic E-state index is -0.546. The molecule has 2 aliphatic heterocycles. The summed E-state index contributed by atoms with van der Waals surface area (Å²) in [6, 6.07) is 6.83. The fraction of sp³-hybridized carbons (Fsp3) is 0.565. The van der Waals surface area contributed by atoms with Crippen molar-refractivity contribution in [3.63, 3.8) is 0 Å². The van der Waals surface area contributed by atoms with Gasteiger partial charge in [0.2, 0.25) is 5.96 Å². The van der Waals surface area contributed by atoms with Crippen molar-refractivity contribution < 1.29 is 9.59 Å². The highest BCUT2D eigenvalue weighted by Gasteiger charge is 2.48. The largest absolute Gasteiger partial charge is 0.326 e. The van der Waals surface area contributed by atoms with Gasteiger partial charge in [0.15, 0.2) is 12.2 Å². The van der Waals surface area contributed by atoms with E-state index in [0.29, 0.717) is 12.5 Å². The SMILES string of the molecule is CCCCCCCCCCN1C(N/N=C\c2ccc(Br)cc2)=NC2C1C(=O)NC(=O)N2C. The molecule has 1 aromatic rings. The lowest BCUT2D eigenvalue weighted by molar-refractivity contribution is -0.127. The molecule has 0 aliphatic carbocycles. The van der Waals surface area contributed by atoms with Crippen LogP contribution in [0.15, 0.2) is 38.8 Å². The maximum absolute atomic E-state index is 12.6. The number of aliphatic imine (C=N–C) groups is 1. The second kappa shape index (κ2) is 12.0. The first-order chi connectivity index (χ1) is 15.5. The van der Waals surface area contributed by atoms with Crippen molar-refractivity contribution in [3.8, 4) is 0 Å². The van der Waals surface area contributed by atoms with E-state index in [2.05, 4.69) is 43.7 Å². The van der Waals surface area contributed by atoms with E-state index in [1.165, 1.54) is 43.4 Å². The van der Waals surface area contributed by atoms with Gasteiger partial charge < -0.3 is 9.80 Å². The minimum Gasteiger partial charge on any atom is -0.326 e. The molecule has 1 aromatic carbocycles. The molecule has 0 aromatic heterocycles. The van der Waals surface area contributed by atoms with Gasteiger partial charge in [0, 0.05) is 18.1 Å². The minimum absolute atomic E-state index is 0.310. The summed E-state index contributed by atoms with van der Waals surface area (Å²) in [4.78, 5) is 32.7. The summed E-state index contributed by atoms with van der Waals surface area (Å²) in [7, 11) is 1.66. The number of nitrogens with zero attached hydrogens (tertiary/aromatic N) is 4. The third-order valence-electron chi connectivity index (χ3n) is 5.86. The zero-order valence-electron chi connectivity index (χ0n) is 18.9. The smallest absolute Gasteiger partial charge is 0.325 e. The van der Waals surface area contributed by atoms with Crippen molar-refractivity contribution in [1.29, 1.82) is 0 Å². The molecule has 1 fully saturated rings. The maximum atomic E-state index is 12.6. The third kappa shape index (κ3) is 6.31.